The van der Waals surface area contributed by atoms with Crippen LogP contribution in [0.3, 0.4) is 0 Å². The molecule has 2 unspecified atom stereocenters. The summed E-state index contributed by atoms with van der Waals surface area (Å²) >= 11 is 0. The molecule has 3 aromatic rings. The van der Waals surface area contributed by atoms with Gasteiger partial charge in [0, 0.05) is 43.7 Å². The summed E-state index contributed by atoms with van der Waals surface area (Å²) in [5, 5.41) is 11.0. The Kier molecular flexibility index (Phi) is 6.76. The van der Waals surface area contributed by atoms with Gasteiger partial charge in [-0.2, -0.15) is 5.10 Å². The number of alkyl halides is 1. The predicted molar refractivity (Wildman–Crippen MR) is 146 cm³/mol. The van der Waals surface area contributed by atoms with Crippen molar-refractivity contribution in [2.75, 3.05) is 49.7 Å². The van der Waals surface area contributed by atoms with Crippen LogP contribution in [0.4, 0.5) is 20.7 Å². The lowest BCUT2D eigenvalue weighted by molar-refractivity contribution is -0.181. The lowest BCUT2D eigenvalue weighted by Crippen LogP contribution is -2.43. The molecule has 12 heteroatoms. The highest BCUT2D eigenvalue weighted by Gasteiger charge is 2.41. The maximum Gasteiger partial charge on any atom is 0.319 e. The largest absolute Gasteiger partial charge is 0.371 e. The second kappa shape index (κ2) is 10.6. The van der Waals surface area contributed by atoms with Crippen molar-refractivity contribution < 1.29 is 23.4 Å². The molecule has 7 rings (SSSR count). The Hall–Kier alpha value is -3.35. The molecule has 5 heterocycles. The zero-order chi connectivity index (χ0) is 27.1. The Balaban J connectivity index is 1.21. The Morgan fingerprint density at radius 1 is 1.02 bits per heavy atom. The van der Waals surface area contributed by atoms with E-state index in [4.69, 9.17) is 29.3 Å². The minimum atomic E-state index is -0.612. The first-order chi connectivity index (χ1) is 19.6. The van der Waals surface area contributed by atoms with Gasteiger partial charge in [0.1, 0.15) is 12.5 Å². The molecular formula is C28H34FN7O4. The maximum atomic E-state index is 12.4. The minimum Gasteiger partial charge on any atom is -0.371 e. The summed E-state index contributed by atoms with van der Waals surface area (Å²) in [5.74, 6) is 1.05. The number of nitrogens with one attached hydrogen (secondary N) is 2. The molecule has 212 valence electrons. The van der Waals surface area contributed by atoms with Crippen LogP contribution in [0.25, 0.3) is 22.4 Å². The summed E-state index contributed by atoms with van der Waals surface area (Å²) in [6, 6.07) is 7.12. The number of amides is 2. The van der Waals surface area contributed by atoms with E-state index in [9.17, 15) is 9.18 Å². The van der Waals surface area contributed by atoms with Crippen LogP contribution in [-0.4, -0.2) is 83.3 Å². The molecule has 4 fully saturated rings. The highest BCUT2D eigenvalue weighted by atomic mass is 19.1. The molecule has 2 N–H and O–H groups in total. The molecule has 2 amide bonds. The van der Waals surface area contributed by atoms with Gasteiger partial charge in [-0.05, 0) is 49.9 Å². The number of ether oxygens (including phenoxy) is 3. The Morgan fingerprint density at radius 2 is 1.75 bits per heavy atom. The van der Waals surface area contributed by atoms with Crippen LogP contribution in [0.1, 0.15) is 44.6 Å². The number of rotatable bonds is 6. The van der Waals surface area contributed by atoms with Gasteiger partial charge in [0.15, 0.2) is 17.3 Å². The van der Waals surface area contributed by atoms with Crippen molar-refractivity contribution in [1.29, 1.82) is 0 Å². The molecule has 2 aromatic heterocycles. The van der Waals surface area contributed by atoms with Gasteiger partial charge in [0.25, 0.3) is 0 Å². The van der Waals surface area contributed by atoms with E-state index in [1.807, 2.05) is 18.3 Å². The van der Waals surface area contributed by atoms with E-state index < -0.39 is 18.5 Å². The number of halogens is 1. The van der Waals surface area contributed by atoms with Gasteiger partial charge in [-0.1, -0.05) is 0 Å². The molecule has 0 radical (unpaired) electrons. The zero-order valence-corrected chi connectivity index (χ0v) is 22.4. The van der Waals surface area contributed by atoms with Crippen LogP contribution in [0, 0.1) is 0 Å². The van der Waals surface area contributed by atoms with E-state index in [0.29, 0.717) is 24.7 Å². The number of hydrogen-bond acceptors (Lipinski definition) is 8. The third-order valence-electron chi connectivity index (χ3n) is 8.43. The van der Waals surface area contributed by atoms with Crippen molar-refractivity contribution in [2.45, 2.75) is 62.6 Å². The Labute approximate surface area is 231 Å². The lowest BCUT2D eigenvalue weighted by Gasteiger charge is -2.35. The third-order valence-corrected chi connectivity index (χ3v) is 8.43. The first kappa shape index (κ1) is 25.6. The average Bonchev–Trinajstić information content (AvgIpc) is 3.71. The van der Waals surface area contributed by atoms with Crippen molar-refractivity contribution in [3.63, 3.8) is 0 Å². The molecule has 2 atom stereocenters. The molecule has 2 bridgehead atoms. The van der Waals surface area contributed by atoms with E-state index >= 15 is 0 Å². The van der Waals surface area contributed by atoms with E-state index in [1.165, 1.54) is 0 Å². The fourth-order valence-electron chi connectivity index (χ4n) is 6.45. The molecule has 1 saturated carbocycles. The second-order valence-corrected chi connectivity index (χ2v) is 11.0. The summed E-state index contributed by atoms with van der Waals surface area (Å²) in [7, 11) is 0. The van der Waals surface area contributed by atoms with E-state index in [-0.39, 0.29) is 24.8 Å². The number of benzene rings is 1. The van der Waals surface area contributed by atoms with Gasteiger partial charge in [0.2, 0.25) is 0 Å². The average molecular weight is 552 g/mol. The number of morpholine rings is 1. The molecular weight excluding hydrogens is 517 g/mol. The van der Waals surface area contributed by atoms with Gasteiger partial charge >= 0.3 is 6.03 Å². The predicted octanol–water partition coefficient (Wildman–Crippen LogP) is 3.81. The molecule has 1 aromatic carbocycles. The first-order valence-corrected chi connectivity index (χ1v) is 14.2. The zero-order valence-electron chi connectivity index (χ0n) is 22.4. The third kappa shape index (κ3) is 4.88. The molecule has 40 heavy (non-hydrogen) atoms. The van der Waals surface area contributed by atoms with E-state index in [0.717, 1.165) is 74.0 Å². The molecule has 11 nitrogen and oxygen atoms in total. The van der Waals surface area contributed by atoms with Crippen molar-refractivity contribution >= 4 is 28.6 Å². The Morgan fingerprint density at radius 3 is 2.45 bits per heavy atom. The van der Waals surface area contributed by atoms with E-state index in [2.05, 4.69) is 20.2 Å². The van der Waals surface area contributed by atoms with E-state index in [1.54, 1.807) is 12.1 Å². The smallest absolute Gasteiger partial charge is 0.319 e. The Bertz CT molecular complexity index is 1350. The lowest BCUT2D eigenvalue weighted by atomic mass is 9.90. The van der Waals surface area contributed by atoms with Gasteiger partial charge < -0.3 is 29.7 Å². The SMILES string of the molecule is O=C(NCCF)Nc1ccc(-c2nc(N3CC4CCC(C3)O4)c3cnn(C4CCC5(CC4)OCCO5)c3n2)cc1. The summed E-state index contributed by atoms with van der Waals surface area (Å²) in [6.07, 6.45) is 7.96. The fourth-order valence-corrected chi connectivity index (χ4v) is 6.45. The number of aromatic nitrogens is 4. The highest BCUT2D eigenvalue weighted by molar-refractivity contribution is 5.90. The summed E-state index contributed by atoms with van der Waals surface area (Å²) < 4.78 is 32.4. The van der Waals surface area contributed by atoms with Gasteiger partial charge in [-0.3, -0.25) is 0 Å². The minimum absolute atomic E-state index is 0.0283. The van der Waals surface area contributed by atoms with Gasteiger partial charge in [-0.15, -0.1) is 0 Å². The summed E-state index contributed by atoms with van der Waals surface area (Å²) in [4.78, 5) is 24.4. The van der Waals surface area contributed by atoms with Crippen LogP contribution in [0.5, 0.6) is 0 Å². The number of carbonyl (C=O) groups excluding carboxylic acids is 1. The monoisotopic (exact) mass is 551 g/mol. The molecule has 1 spiro atoms. The second-order valence-electron chi connectivity index (χ2n) is 11.0. The standard InChI is InChI=1S/C28H34FN7O4/c29-11-12-30-27(37)32-19-3-1-18(2-4-19)24-33-25(35-16-21-5-6-22(17-35)40-21)23-15-31-36(26(23)34-24)20-7-9-28(10-8-20)38-13-14-39-28/h1-4,15,20-22H,5-14,16-17H2,(H2,30,32,37). The summed E-state index contributed by atoms with van der Waals surface area (Å²) in [6.45, 7) is 2.27. The molecule has 4 aliphatic rings. The topological polar surface area (TPSA) is 116 Å². The quantitative estimate of drug-likeness (QED) is 0.475. The number of carbonyl (C=O) groups is 1. The van der Waals surface area contributed by atoms with Crippen LogP contribution in [-0.2, 0) is 14.2 Å². The normalized spacial score (nSPS) is 24.2. The van der Waals surface area contributed by atoms with Crippen molar-refractivity contribution in [2.24, 2.45) is 0 Å². The molecule has 3 saturated heterocycles. The number of hydrogen-bond donors (Lipinski definition) is 2. The van der Waals surface area contributed by atoms with Crippen LogP contribution >= 0.6 is 0 Å². The first-order valence-electron chi connectivity index (χ1n) is 14.2. The molecule has 3 aliphatic heterocycles. The number of fused-ring (bicyclic) bond motifs is 3. The van der Waals surface area contributed by atoms with Gasteiger partial charge in [-0.25, -0.2) is 23.8 Å². The van der Waals surface area contributed by atoms with Crippen LogP contribution in [0.2, 0.25) is 0 Å². The maximum absolute atomic E-state index is 12.4. The summed E-state index contributed by atoms with van der Waals surface area (Å²) in [5.41, 5.74) is 2.25. The van der Waals surface area contributed by atoms with Crippen molar-refractivity contribution in [1.82, 2.24) is 25.1 Å². The van der Waals surface area contributed by atoms with Crippen molar-refractivity contribution in [3.8, 4) is 11.4 Å². The number of urea groups is 1. The fraction of sp³-hybridized carbons (Fsp3) is 0.571. The van der Waals surface area contributed by atoms with Crippen molar-refractivity contribution in [3.05, 3.63) is 30.5 Å². The number of nitrogens with zero attached hydrogens (tertiary/aromatic N) is 5. The highest BCUT2D eigenvalue weighted by Crippen LogP contribution is 2.42. The molecule has 1 aliphatic carbocycles. The van der Waals surface area contributed by atoms with Crippen LogP contribution in [0.15, 0.2) is 30.5 Å². The number of anilines is 2. The van der Waals surface area contributed by atoms with Crippen LogP contribution < -0.4 is 15.5 Å². The van der Waals surface area contributed by atoms with Gasteiger partial charge in [0.05, 0.1) is 43.0 Å².